The topological polar surface area (TPSA) is 213 Å². The van der Waals surface area contributed by atoms with Crippen molar-refractivity contribution in [3.8, 4) is 0 Å². The van der Waals surface area contributed by atoms with Gasteiger partial charge in [0.15, 0.2) is 19.7 Å². The molecule has 4 rings (SSSR count). The van der Waals surface area contributed by atoms with Gasteiger partial charge >= 0.3 is 0 Å². The molecule has 4 heterocycles. The quantitative estimate of drug-likeness (QED) is 0.352. The van der Waals surface area contributed by atoms with E-state index in [9.17, 15) is 33.7 Å². The molecule has 2 aromatic heterocycles. The fourth-order valence-electron chi connectivity index (χ4n) is 4.36. The summed E-state index contributed by atoms with van der Waals surface area (Å²) in [6, 6.07) is 2.47. The van der Waals surface area contributed by atoms with Crippen LogP contribution in [0.2, 0.25) is 0 Å². The molecule has 2 unspecified atom stereocenters. The Labute approximate surface area is 232 Å². The number of fused-ring (bicyclic) bond motifs is 2. The summed E-state index contributed by atoms with van der Waals surface area (Å²) in [7, 11) is -14.7. The highest BCUT2D eigenvalue weighted by atomic mass is 32.3. The van der Waals surface area contributed by atoms with E-state index in [2.05, 4.69) is 10.6 Å². The number of rotatable bonds is 6. The van der Waals surface area contributed by atoms with E-state index in [-0.39, 0.29) is 28.9 Å². The third-order valence-electron chi connectivity index (χ3n) is 6.33. The molecule has 0 radical (unpaired) electrons. The number of sulfonamides is 2. The lowest BCUT2D eigenvalue weighted by atomic mass is 10.1. The molecule has 0 saturated carbocycles. The van der Waals surface area contributed by atoms with Crippen LogP contribution in [0.15, 0.2) is 29.0 Å². The number of sulfone groups is 2. The van der Waals surface area contributed by atoms with Gasteiger partial charge in [-0.15, -0.1) is 22.7 Å². The number of thiophene rings is 2. The maximum absolute atomic E-state index is 12.2. The summed E-state index contributed by atoms with van der Waals surface area (Å²) in [4.78, 5) is 0. The Morgan fingerprint density at radius 1 is 0.763 bits per heavy atom. The summed E-state index contributed by atoms with van der Waals surface area (Å²) in [6.45, 7) is 8.47. The SMILES string of the molecule is CCNC1CC(C)S(=O)(=O)c2sc(S(N)(=O)=O)cc21.CCN[C@H]1C[C@H](C)S(=O)(=O)c2sc(S(N)(=O)=O)cc21. The minimum Gasteiger partial charge on any atom is -0.310 e. The van der Waals surface area contributed by atoms with E-state index in [1.807, 2.05) is 13.8 Å². The van der Waals surface area contributed by atoms with E-state index in [1.165, 1.54) is 12.1 Å². The molecule has 12 nitrogen and oxygen atoms in total. The van der Waals surface area contributed by atoms with Crippen molar-refractivity contribution in [2.45, 2.75) is 80.0 Å². The summed E-state index contributed by atoms with van der Waals surface area (Å²) in [6.07, 6.45) is 0.869. The number of nitrogens with two attached hydrogens (primary N) is 2. The maximum Gasteiger partial charge on any atom is 0.247 e. The molecule has 6 N–H and O–H groups in total. The van der Waals surface area contributed by atoms with E-state index in [0.29, 0.717) is 37.1 Å². The molecule has 0 spiro atoms. The van der Waals surface area contributed by atoms with Crippen molar-refractivity contribution in [3.05, 3.63) is 23.3 Å². The number of nitrogens with one attached hydrogen (secondary N) is 2. The molecular weight excluding hydrogens is 617 g/mol. The first-order valence-corrected chi connectivity index (χ1v) is 19.4. The van der Waals surface area contributed by atoms with Crippen molar-refractivity contribution in [1.29, 1.82) is 0 Å². The molecule has 2 aliphatic heterocycles. The lowest BCUT2D eigenvalue weighted by Gasteiger charge is -2.27. The lowest BCUT2D eigenvalue weighted by Crippen LogP contribution is -2.33. The zero-order valence-electron chi connectivity index (χ0n) is 21.2. The van der Waals surface area contributed by atoms with Gasteiger partial charge in [-0.3, -0.25) is 0 Å². The van der Waals surface area contributed by atoms with Crippen LogP contribution in [-0.2, 0) is 39.7 Å². The van der Waals surface area contributed by atoms with Gasteiger partial charge in [-0.25, -0.2) is 43.9 Å². The Balaban J connectivity index is 0.000000211. The van der Waals surface area contributed by atoms with E-state index in [0.717, 1.165) is 22.7 Å². The predicted molar refractivity (Wildman–Crippen MR) is 147 cm³/mol. The van der Waals surface area contributed by atoms with Crippen LogP contribution in [0.3, 0.4) is 0 Å². The van der Waals surface area contributed by atoms with Gasteiger partial charge < -0.3 is 10.6 Å². The highest BCUT2D eigenvalue weighted by Gasteiger charge is 2.40. The van der Waals surface area contributed by atoms with Crippen molar-refractivity contribution in [2.75, 3.05) is 13.1 Å². The van der Waals surface area contributed by atoms with Gasteiger partial charge in [0.05, 0.1) is 10.5 Å². The first-order chi connectivity index (χ1) is 17.3. The summed E-state index contributed by atoms with van der Waals surface area (Å²) in [5.74, 6) is 0. The first-order valence-electron chi connectivity index (χ1n) is 11.6. The molecule has 2 aromatic rings. The van der Waals surface area contributed by atoms with Crippen LogP contribution in [0.4, 0.5) is 0 Å². The second kappa shape index (κ2) is 11.1. The van der Waals surface area contributed by atoms with Gasteiger partial charge in [-0.2, -0.15) is 0 Å². The molecule has 0 saturated heterocycles. The van der Waals surface area contributed by atoms with Crippen molar-refractivity contribution < 1.29 is 33.7 Å². The summed E-state index contributed by atoms with van der Waals surface area (Å²) in [5.41, 5.74) is 1.04. The van der Waals surface area contributed by atoms with Gasteiger partial charge in [-0.1, -0.05) is 13.8 Å². The molecule has 0 bridgehead atoms. The van der Waals surface area contributed by atoms with Crippen LogP contribution in [0, 0.1) is 0 Å². The first kappa shape index (κ1) is 31.6. The number of hydrogen-bond acceptors (Lipinski definition) is 12. The average molecular weight is 649 g/mol. The normalized spacial score (nSPS) is 26.1. The van der Waals surface area contributed by atoms with Crippen molar-refractivity contribution in [3.63, 3.8) is 0 Å². The minimum absolute atomic E-state index is 0.0990. The van der Waals surface area contributed by atoms with Crippen LogP contribution in [0.1, 0.15) is 63.7 Å². The van der Waals surface area contributed by atoms with Gasteiger partial charge in [0.2, 0.25) is 20.0 Å². The van der Waals surface area contributed by atoms with Crippen LogP contribution >= 0.6 is 22.7 Å². The minimum atomic E-state index is -3.88. The van der Waals surface area contributed by atoms with Gasteiger partial charge in [-0.05, 0) is 51.9 Å². The molecule has 38 heavy (non-hydrogen) atoms. The van der Waals surface area contributed by atoms with E-state index in [1.54, 1.807) is 13.8 Å². The largest absolute Gasteiger partial charge is 0.310 e. The molecule has 216 valence electrons. The lowest BCUT2D eigenvalue weighted by molar-refractivity contribution is 0.477. The van der Waals surface area contributed by atoms with Crippen LogP contribution in [0.25, 0.3) is 0 Å². The van der Waals surface area contributed by atoms with Crippen LogP contribution < -0.4 is 20.9 Å². The summed E-state index contributed by atoms with van der Waals surface area (Å²) in [5, 5.41) is 15.5. The molecule has 0 aliphatic carbocycles. The van der Waals surface area contributed by atoms with Crippen molar-refractivity contribution >= 4 is 62.4 Å². The smallest absolute Gasteiger partial charge is 0.247 e. The van der Waals surface area contributed by atoms with Crippen molar-refractivity contribution in [2.24, 2.45) is 10.3 Å². The Morgan fingerprint density at radius 2 is 1.08 bits per heavy atom. The standard InChI is InChI=1S/2C10H16N2O4S3/c2*1-3-12-8-4-6(2)18(13,14)10-7(8)5-9(17-10)19(11,15)16/h2*5-6,8,12H,3-4H2,1-2H3,(H2,11,15,16)/t6-,8-;/m0./s1. The monoisotopic (exact) mass is 648 g/mol. The molecule has 0 fully saturated rings. The molecule has 0 amide bonds. The Morgan fingerprint density at radius 3 is 1.34 bits per heavy atom. The zero-order chi connectivity index (χ0) is 28.8. The van der Waals surface area contributed by atoms with Gasteiger partial charge in [0, 0.05) is 23.2 Å². The van der Waals surface area contributed by atoms with E-state index < -0.39 is 50.2 Å². The highest BCUT2D eigenvalue weighted by molar-refractivity contribution is 7.96. The van der Waals surface area contributed by atoms with Crippen molar-refractivity contribution in [1.82, 2.24) is 10.6 Å². The third-order valence-corrected chi connectivity index (χ3v) is 17.0. The van der Waals surface area contributed by atoms with Gasteiger partial charge in [0.1, 0.15) is 16.8 Å². The van der Waals surface area contributed by atoms with Crippen LogP contribution in [-0.4, -0.2) is 57.3 Å². The Kier molecular flexibility index (Phi) is 9.25. The molecular formula is C20H32N4O8S6. The third kappa shape index (κ3) is 6.18. The molecule has 4 atom stereocenters. The number of primary sulfonamides is 2. The van der Waals surface area contributed by atoms with E-state index >= 15 is 0 Å². The highest BCUT2D eigenvalue weighted by Crippen LogP contribution is 2.43. The maximum atomic E-state index is 12.2. The van der Waals surface area contributed by atoms with Gasteiger partial charge in [0.25, 0.3) is 0 Å². The Bertz CT molecular complexity index is 1500. The average Bonchev–Trinajstić information content (AvgIpc) is 3.43. The van der Waals surface area contributed by atoms with Crippen LogP contribution in [0.5, 0.6) is 0 Å². The molecule has 18 heteroatoms. The van der Waals surface area contributed by atoms with E-state index in [4.69, 9.17) is 10.3 Å². The zero-order valence-corrected chi connectivity index (χ0v) is 26.1. The number of hydrogen-bond donors (Lipinski definition) is 4. The summed E-state index contributed by atoms with van der Waals surface area (Å²) < 4.78 is 94.5. The predicted octanol–water partition coefficient (Wildman–Crippen LogP) is 1.22. The molecule has 0 aromatic carbocycles. The summed E-state index contributed by atoms with van der Waals surface area (Å²) >= 11 is 1.48. The Hall–Kier alpha value is -0.960. The molecule has 2 aliphatic rings. The fourth-order valence-corrected chi connectivity index (χ4v) is 13.2. The fraction of sp³-hybridized carbons (Fsp3) is 0.600. The second-order valence-corrected chi connectivity index (χ2v) is 19.9. The second-order valence-electron chi connectivity index (χ2n) is 9.11.